The summed E-state index contributed by atoms with van der Waals surface area (Å²) < 4.78 is 1.81. The van der Waals surface area contributed by atoms with Gasteiger partial charge in [-0.25, -0.2) is 4.99 Å². The highest BCUT2D eigenvalue weighted by molar-refractivity contribution is 6.31. The molecule has 0 bridgehead atoms. The van der Waals surface area contributed by atoms with E-state index in [1.807, 2.05) is 72.7 Å². The van der Waals surface area contributed by atoms with Crippen LogP contribution in [0.2, 0.25) is 5.02 Å². The van der Waals surface area contributed by atoms with Crippen molar-refractivity contribution >= 4 is 23.0 Å². The number of halogens is 1. The fraction of sp³-hybridized carbons (Fsp3) is 0.0833. The van der Waals surface area contributed by atoms with E-state index in [9.17, 15) is 0 Å². The van der Waals surface area contributed by atoms with Crippen molar-refractivity contribution in [3.8, 4) is 0 Å². The van der Waals surface area contributed by atoms with Crippen molar-refractivity contribution in [2.45, 2.75) is 6.42 Å². The van der Waals surface area contributed by atoms with E-state index in [2.05, 4.69) is 35.4 Å². The molecule has 0 fully saturated rings. The summed E-state index contributed by atoms with van der Waals surface area (Å²) in [5, 5.41) is 4.92. The number of nitrogens with zero attached hydrogens (tertiary/aromatic N) is 3. The molecule has 4 aromatic rings. The molecule has 3 nitrogen and oxygen atoms in total. The normalized spacial score (nSPS) is 10.6. The molecule has 0 saturated heterocycles. The lowest BCUT2D eigenvalue weighted by atomic mass is 10.0. The maximum absolute atomic E-state index is 6.41. The minimum Gasteiger partial charge on any atom is -0.276 e. The second kappa shape index (κ2) is 8.24. The summed E-state index contributed by atoms with van der Waals surface area (Å²) in [5.41, 5.74) is 6.17. The zero-order valence-corrected chi connectivity index (χ0v) is 16.3. The van der Waals surface area contributed by atoms with Crippen LogP contribution >= 0.6 is 11.6 Å². The van der Waals surface area contributed by atoms with E-state index in [-0.39, 0.29) is 0 Å². The van der Waals surface area contributed by atoms with E-state index in [0.29, 0.717) is 5.02 Å². The van der Waals surface area contributed by atoms with Crippen molar-refractivity contribution in [3.05, 3.63) is 119 Å². The van der Waals surface area contributed by atoms with Gasteiger partial charge >= 0.3 is 0 Å². The Hall–Kier alpha value is -3.17. The summed E-state index contributed by atoms with van der Waals surface area (Å²) >= 11 is 6.41. The van der Waals surface area contributed by atoms with Gasteiger partial charge in [-0.3, -0.25) is 4.68 Å². The Morgan fingerprint density at radius 1 is 0.893 bits per heavy atom. The first-order chi connectivity index (χ1) is 13.7. The number of rotatable bonds is 5. The molecule has 0 aliphatic carbocycles. The van der Waals surface area contributed by atoms with Crippen LogP contribution in [0, 0.1) is 0 Å². The van der Waals surface area contributed by atoms with Gasteiger partial charge in [-0.2, -0.15) is 5.10 Å². The lowest BCUT2D eigenvalue weighted by molar-refractivity contribution is 0.767. The lowest BCUT2D eigenvalue weighted by Gasteiger charge is -2.09. The zero-order valence-electron chi connectivity index (χ0n) is 15.6. The molecule has 0 aliphatic heterocycles. The monoisotopic (exact) mass is 385 g/mol. The van der Waals surface area contributed by atoms with Crippen molar-refractivity contribution in [3.63, 3.8) is 0 Å². The second-order valence-corrected chi connectivity index (χ2v) is 7.15. The molecule has 0 aliphatic rings. The number of benzene rings is 3. The molecule has 0 unspecified atom stereocenters. The predicted molar refractivity (Wildman–Crippen MR) is 116 cm³/mol. The van der Waals surface area contributed by atoms with Crippen molar-refractivity contribution in [1.29, 1.82) is 0 Å². The van der Waals surface area contributed by atoms with Gasteiger partial charge in [-0.05, 0) is 29.3 Å². The van der Waals surface area contributed by atoms with Crippen LogP contribution < -0.4 is 0 Å². The highest BCUT2D eigenvalue weighted by atomic mass is 35.5. The SMILES string of the molecule is Cn1cc(Cc2cc(Cl)cc(N=C(c3ccccc3)c3ccccc3)c2)cn1. The largest absolute Gasteiger partial charge is 0.276 e. The quantitative estimate of drug-likeness (QED) is 0.397. The molecule has 0 saturated carbocycles. The maximum atomic E-state index is 6.41. The fourth-order valence-electron chi connectivity index (χ4n) is 3.22. The van der Waals surface area contributed by atoms with Crippen LogP contribution in [0.25, 0.3) is 0 Å². The molecular weight excluding hydrogens is 366 g/mol. The maximum Gasteiger partial charge on any atom is 0.0781 e. The number of aryl methyl sites for hydroxylation is 1. The fourth-order valence-corrected chi connectivity index (χ4v) is 3.47. The van der Waals surface area contributed by atoms with Crippen molar-refractivity contribution in [2.75, 3.05) is 0 Å². The van der Waals surface area contributed by atoms with Crippen LogP contribution in [0.3, 0.4) is 0 Å². The van der Waals surface area contributed by atoms with Crippen molar-refractivity contribution in [2.24, 2.45) is 12.0 Å². The average Bonchev–Trinajstić information content (AvgIpc) is 3.11. The van der Waals surface area contributed by atoms with Gasteiger partial charge in [0.25, 0.3) is 0 Å². The first-order valence-electron chi connectivity index (χ1n) is 9.14. The van der Waals surface area contributed by atoms with Crippen LogP contribution in [0.1, 0.15) is 22.3 Å². The Labute approximate surface area is 170 Å². The molecule has 0 atom stereocenters. The van der Waals surface area contributed by atoms with Crippen LogP contribution in [0.5, 0.6) is 0 Å². The number of hydrogen-bond donors (Lipinski definition) is 0. The highest BCUT2D eigenvalue weighted by Gasteiger charge is 2.08. The van der Waals surface area contributed by atoms with Crippen molar-refractivity contribution < 1.29 is 0 Å². The van der Waals surface area contributed by atoms with E-state index >= 15 is 0 Å². The van der Waals surface area contributed by atoms with Gasteiger partial charge in [0.05, 0.1) is 17.6 Å². The molecule has 1 aromatic heterocycles. The van der Waals surface area contributed by atoms with E-state index in [1.54, 1.807) is 0 Å². The van der Waals surface area contributed by atoms with E-state index < -0.39 is 0 Å². The topological polar surface area (TPSA) is 30.2 Å². The Morgan fingerprint density at radius 2 is 1.54 bits per heavy atom. The van der Waals surface area contributed by atoms with E-state index in [4.69, 9.17) is 16.6 Å². The third-order valence-corrected chi connectivity index (χ3v) is 4.66. The molecular formula is C24H20ClN3. The molecule has 28 heavy (non-hydrogen) atoms. The van der Waals surface area contributed by atoms with Gasteiger partial charge in [0.1, 0.15) is 0 Å². The molecule has 0 radical (unpaired) electrons. The van der Waals surface area contributed by atoms with Gasteiger partial charge in [0.2, 0.25) is 0 Å². The van der Waals surface area contributed by atoms with Crippen LogP contribution in [0.4, 0.5) is 5.69 Å². The van der Waals surface area contributed by atoms with Crippen LogP contribution in [-0.4, -0.2) is 15.5 Å². The smallest absolute Gasteiger partial charge is 0.0781 e. The number of hydrogen-bond acceptors (Lipinski definition) is 2. The highest BCUT2D eigenvalue weighted by Crippen LogP contribution is 2.25. The molecule has 1 heterocycles. The van der Waals surface area contributed by atoms with Crippen LogP contribution in [0.15, 0.2) is 96.2 Å². The molecule has 4 rings (SSSR count). The minimum atomic E-state index is 0.681. The third-order valence-electron chi connectivity index (χ3n) is 4.44. The van der Waals surface area contributed by atoms with E-state index in [0.717, 1.165) is 40.1 Å². The van der Waals surface area contributed by atoms with Gasteiger partial charge in [-0.1, -0.05) is 72.3 Å². The summed E-state index contributed by atoms with van der Waals surface area (Å²) in [4.78, 5) is 4.98. The minimum absolute atomic E-state index is 0.681. The van der Waals surface area contributed by atoms with Crippen LogP contribution in [-0.2, 0) is 13.5 Å². The summed E-state index contributed by atoms with van der Waals surface area (Å²) in [6.07, 6.45) is 4.66. The molecule has 0 N–H and O–H groups in total. The summed E-state index contributed by atoms with van der Waals surface area (Å²) in [6.45, 7) is 0. The second-order valence-electron chi connectivity index (χ2n) is 6.71. The number of aliphatic imine (C=N–C) groups is 1. The molecule has 3 aromatic carbocycles. The Bertz CT molecular complexity index is 1060. The lowest BCUT2D eigenvalue weighted by Crippen LogP contribution is -2.02. The molecule has 0 spiro atoms. The van der Waals surface area contributed by atoms with Gasteiger partial charge in [0, 0.05) is 35.8 Å². The summed E-state index contributed by atoms with van der Waals surface area (Å²) in [7, 11) is 1.92. The third kappa shape index (κ3) is 4.38. The van der Waals surface area contributed by atoms with Crippen molar-refractivity contribution in [1.82, 2.24) is 9.78 Å². The summed E-state index contributed by atoms with van der Waals surface area (Å²) in [6, 6.07) is 26.4. The standard InChI is InChI=1S/C24H20ClN3/c1-28-17-19(16-26-28)12-18-13-22(25)15-23(14-18)27-24(20-8-4-2-5-9-20)21-10-6-3-7-11-21/h2-11,13-17H,12H2,1H3. The average molecular weight is 386 g/mol. The molecule has 138 valence electrons. The Morgan fingerprint density at radius 3 is 2.11 bits per heavy atom. The Kier molecular flexibility index (Phi) is 5.36. The first kappa shape index (κ1) is 18.2. The van der Waals surface area contributed by atoms with E-state index in [1.165, 1.54) is 0 Å². The Balaban J connectivity index is 1.76. The number of aromatic nitrogens is 2. The molecule has 0 amide bonds. The molecule has 4 heteroatoms. The van der Waals surface area contributed by atoms with Gasteiger partial charge < -0.3 is 0 Å². The predicted octanol–water partition coefficient (Wildman–Crippen LogP) is 5.83. The first-order valence-corrected chi connectivity index (χ1v) is 9.52. The van der Waals surface area contributed by atoms with Gasteiger partial charge in [-0.15, -0.1) is 0 Å². The zero-order chi connectivity index (χ0) is 19.3. The summed E-state index contributed by atoms with van der Waals surface area (Å²) in [5.74, 6) is 0. The van der Waals surface area contributed by atoms with Gasteiger partial charge in [0.15, 0.2) is 0 Å².